The first kappa shape index (κ1) is 8.67. The highest BCUT2D eigenvalue weighted by atomic mass is 31.0. The topological polar surface area (TPSA) is 12.9 Å². The molecular weight excluding hydrogens is 153 g/mol. The van der Waals surface area contributed by atoms with E-state index < -0.39 is 0 Å². The van der Waals surface area contributed by atoms with E-state index in [1.165, 1.54) is 31.0 Å². The number of aromatic nitrogens is 1. The zero-order valence-corrected chi connectivity index (χ0v) is 7.82. The van der Waals surface area contributed by atoms with Gasteiger partial charge in [0.05, 0.1) is 0 Å². The summed E-state index contributed by atoms with van der Waals surface area (Å²) in [4.78, 5) is 3.97. The number of hydrogen-bond donors (Lipinski definition) is 0. The van der Waals surface area contributed by atoms with Crippen LogP contribution in [0.15, 0.2) is 24.5 Å². The van der Waals surface area contributed by atoms with Crippen LogP contribution in [0, 0.1) is 0 Å². The van der Waals surface area contributed by atoms with Gasteiger partial charge in [-0.3, -0.25) is 4.98 Å². The third kappa shape index (κ3) is 3.48. The summed E-state index contributed by atoms with van der Waals surface area (Å²) in [6.45, 7) is 0. The Morgan fingerprint density at radius 1 is 1.18 bits per heavy atom. The molecule has 1 unspecified atom stereocenters. The van der Waals surface area contributed by atoms with Crippen LogP contribution in [-0.4, -0.2) is 11.1 Å². The predicted molar refractivity (Wildman–Crippen MR) is 51.8 cm³/mol. The molecule has 1 nitrogen and oxygen atoms in total. The molecule has 0 fully saturated rings. The summed E-state index contributed by atoms with van der Waals surface area (Å²) in [6, 6.07) is 4.17. The third-order valence-corrected chi connectivity index (χ3v) is 2.08. The fourth-order valence-electron chi connectivity index (χ4n) is 1.02. The summed E-state index contributed by atoms with van der Waals surface area (Å²) in [6.07, 6.45) is 8.70. The summed E-state index contributed by atoms with van der Waals surface area (Å²) >= 11 is 0. The van der Waals surface area contributed by atoms with E-state index in [2.05, 4.69) is 26.4 Å². The van der Waals surface area contributed by atoms with Crippen LogP contribution in [0.1, 0.15) is 18.4 Å². The fourth-order valence-corrected chi connectivity index (χ4v) is 1.31. The Labute approximate surface area is 70.4 Å². The van der Waals surface area contributed by atoms with Gasteiger partial charge in [0.2, 0.25) is 0 Å². The van der Waals surface area contributed by atoms with Crippen molar-refractivity contribution >= 4 is 9.24 Å². The summed E-state index contributed by atoms with van der Waals surface area (Å²) < 4.78 is 0. The monoisotopic (exact) mass is 167 g/mol. The Hall–Kier alpha value is -0.420. The van der Waals surface area contributed by atoms with E-state index in [9.17, 15) is 0 Å². The van der Waals surface area contributed by atoms with E-state index in [0.29, 0.717) is 0 Å². The lowest BCUT2D eigenvalue weighted by Gasteiger charge is -1.97. The van der Waals surface area contributed by atoms with Crippen molar-refractivity contribution in [1.82, 2.24) is 4.98 Å². The van der Waals surface area contributed by atoms with E-state index in [-0.39, 0.29) is 0 Å². The van der Waals surface area contributed by atoms with Crippen LogP contribution in [0.5, 0.6) is 0 Å². The van der Waals surface area contributed by atoms with Gasteiger partial charge in [-0.2, -0.15) is 0 Å². The van der Waals surface area contributed by atoms with E-state index in [1.807, 2.05) is 12.4 Å². The Balaban J connectivity index is 2.28. The maximum Gasteiger partial charge on any atom is 0.0270 e. The fraction of sp³-hybridized carbons (Fsp3) is 0.444. The van der Waals surface area contributed by atoms with Crippen molar-refractivity contribution in [3.63, 3.8) is 0 Å². The zero-order valence-electron chi connectivity index (χ0n) is 6.66. The van der Waals surface area contributed by atoms with Gasteiger partial charge in [-0.05, 0) is 43.1 Å². The van der Waals surface area contributed by atoms with E-state index >= 15 is 0 Å². The summed E-state index contributed by atoms with van der Waals surface area (Å²) in [5, 5.41) is 0. The second-order valence-corrected chi connectivity index (χ2v) is 3.18. The third-order valence-electron chi connectivity index (χ3n) is 1.67. The van der Waals surface area contributed by atoms with Crippen molar-refractivity contribution < 1.29 is 0 Å². The summed E-state index contributed by atoms with van der Waals surface area (Å²) in [5.74, 6) is 0. The normalized spacial score (nSPS) is 9.91. The zero-order chi connectivity index (χ0) is 7.94. The van der Waals surface area contributed by atoms with Gasteiger partial charge in [-0.1, -0.05) is 0 Å². The van der Waals surface area contributed by atoms with Crippen LogP contribution in [-0.2, 0) is 6.42 Å². The second kappa shape index (κ2) is 5.26. The van der Waals surface area contributed by atoms with Gasteiger partial charge in [-0.25, -0.2) is 0 Å². The minimum absolute atomic E-state index is 1.19. The summed E-state index contributed by atoms with van der Waals surface area (Å²) in [5.41, 5.74) is 1.40. The molecule has 1 atom stereocenters. The number of rotatable bonds is 4. The van der Waals surface area contributed by atoms with E-state index in [1.54, 1.807) is 0 Å². The molecule has 1 rings (SSSR count). The molecule has 0 amide bonds. The van der Waals surface area contributed by atoms with Gasteiger partial charge in [0.25, 0.3) is 0 Å². The molecule has 0 saturated heterocycles. The lowest BCUT2D eigenvalue weighted by atomic mass is 10.1. The van der Waals surface area contributed by atoms with Crippen molar-refractivity contribution in [1.29, 1.82) is 0 Å². The largest absolute Gasteiger partial charge is 0.265 e. The van der Waals surface area contributed by atoms with Gasteiger partial charge in [0.1, 0.15) is 0 Å². The number of nitrogens with zero attached hydrogens (tertiary/aromatic N) is 1. The number of unbranched alkanes of at least 4 members (excludes halogenated alkanes) is 1. The Morgan fingerprint density at radius 2 is 1.91 bits per heavy atom. The van der Waals surface area contributed by atoms with Crippen LogP contribution in [0.4, 0.5) is 0 Å². The second-order valence-electron chi connectivity index (χ2n) is 2.60. The highest BCUT2D eigenvalue weighted by Crippen LogP contribution is 2.03. The Morgan fingerprint density at radius 3 is 2.55 bits per heavy atom. The summed E-state index contributed by atoms with van der Waals surface area (Å²) in [7, 11) is 2.75. The SMILES string of the molecule is PCCCCc1ccncc1. The predicted octanol–water partition coefficient (Wildman–Crippen LogP) is 2.28. The van der Waals surface area contributed by atoms with Crippen LogP contribution < -0.4 is 0 Å². The molecule has 11 heavy (non-hydrogen) atoms. The maximum absolute atomic E-state index is 3.97. The van der Waals surface area contributed by atoms with Gasteiger partial charge < -0.3 is 0 Å². The lowest BCUT2D eigenvalue weighted by molar-refractivity contribution is 0.801. The molecule has 1 aromatic heterocycles. The average molecular weight is 167 g/mol. The molecule has 60 valence electrons. The Kier molecular flexibility index (Phi) is 4.15. The molecule has 0 aliphatic heterocycles. The smallest absolute Gasteiger partial charge is 0.0270 e. The molecule has 0 N–H and O–H groups in total. The first-order valence-corrected chi connectivity index (χ1v) is 4.84. The van der Waals surface area contributed by atoms with Gasteiger partial charge in [-0.15, -0.1) is 9.24 Å². The van der Waals surface area contributed by atoms with Crippen LogP contribution >= 0.6 is 9.24 Å². The van der Waals surface area contributed by atoms with Crippen LogP contribution in [0.3, 0.4) is 0 Å². The van der Waals surface area contributed by atoms with Crippen molar-refractivity contribution in [3.8, 4) is 0 Å². The molecule has 2 heteroatoms. The van der Waals surface area contributed by atoms with E-state index in [4.69, 9.17) is 0 Å². The molecule has 0 saturated carbocycles. The minimum atomic E-state index is 1.19. The number of aryl methyl sites for hydroxylation is 1. The van der Waals surface area contributed by atoms with Gasteiger partial charge in [0.15, 0.2) is 0 Å². The number of hydrogen-bond acceptors (Lipinski definition) is 1. The van der Waals surface area contributed by atoms with Gasteiger partial charge in [0, 0.05) is 12.4 Å². The van der Waals surface area contributed by atoms with Crippen molar-refractivity contribution in [3.05, 3.63) is 30.1 Å². The van der Waals surface area contributed by atoms with Gasteiger partial charge >= 0.3 is 0 Å². The highest BCUT2D eigenvalue weighted by molar-refractivity contribution is 7.16. The Bertz CT molecular complexity index is 186. The first-order valence-electron chi connectivity index (χ1n) is 4.02. The van der Waals surface area contributed by atoms with Crippen LogP contribution in [0.2, 0.25) is 0 Å². The minimum Gasteiger partial charge on any atom is -0.265 e. The standard InChI is InChI=1S/C9H14NP/c11-8-2-1-3-9-4-6-10-7-5-9/h4-7H,1-3,8,11H2. The molecular formula is C9H14NP. The molecule has 0 radical (unpaired) electrons. The number of pyridine rings is 1. The first-order chi connectivity index (χ1) is 5.43. The molecule has 0 bridgehead atoms. The quantitative estimate of drug-likeness (QED) is 0.495. The maximum atomic E-state index is 3.97. The lowest BCUT2D eigenvalue weighted by Crippen LogP contribution is -1.85. The average Bonchev–Trinajstić information content (AvgIpc) is 2.07. The van der Waals surface area contributed by atoms with Crippen molar-refractivity contribution in [2.24, 2.45) is 0 Å². The molecule has 0 aromatic carbocycles. The molecule has 1 aromatic rings. The van der Waals surface area contributed by atoms with Crippen LogP contribution in [0.25, 0.3) is 0 Å². The van der Waals surface area contributed by atoms with Crippen molar-refractivity contribution in [2.45, 2.75) is 19.3 Å². The van der Waals surface area contributed by atoms with Crippen molar-refractivity contribution in [2.75, 3.05) is 6.16 Å². The van der Waals surface area contributed by atoms with E-state index in [0.717, 1.165) is 0 Å². The molecule has 1 heterocycles. The molecule has 0 spiro atoms. The molecule has 0 aliphatic carbocycles. The molecule has 0 aliphatic rings. The highest BCUT2D eigenvalue weighted by Gasteiger charge is 1.89.